The van der Waals surface area contributed by atoms with Gasteiger partial charge in [-0.25, -0.2) is 15.4 Å². The molecule has 6 heteroatoms. The van der Waals surface area contributed by atoms with Crippen LogP contribution >= 0.6 is 0 Å². The number of ether oxygens (including phenoxy) is 1. The number of hydrogen-bond donors (Lipinski definition) is 2. The molecular weight excluding hydrogens is 140 g/mol. The number of rotatable bonds is 2. The third-order valence-corrected chi connectivity index (χ3v) is 0.594. The maximum absolute atomic E-state index is 10.3. The van der Waals surface area contributed by atoms with Crippen LogP contribution in [-0.4, -0.2) is 18.5 Å². The largest absolute Gasteiger partial charge is 0.458 e. The molecule has 0 saturated carbocycles. The fourth-order valence-corrected chi connectivity index (χ4v) is 0.285. The summed E-state index contributed by atoms with van der Waals surface area (Å²) in [5.74, 6) is 2.33. The van der Waals surface area contributed by atoms with Crippen LogP contribution in [0.3, 0.4) is 0 Å². The molecule has 3 N–H and O–H groups in total. The molecule has 0 atom stereocenters. The zero-order valence-electron chi connectivity index (χ0n) is 5.42. The van der Waals surface area contributed by atoms with Gasteiger partial charge in [0, 0.05) is 0 Å². The van der Waals surface area contributed by atoms with Gasteiger partial charge in [0.15, 0.2) is 0 Å². The molecule has 0 aliphatic heterocycles. The molecule has 0 unspecified atom stereocenters. The van der Waals surface area contributed by atoms with E-state index < -0.39 is 11.9 Å². The number of nitrogens with one attached hydrogen (secondary N) is 1. The Morgan fingerprint density at radius 1 is 1.50 bits per heavy atom. The number of carbonyl (C=O) groups is 2. The van der Waals surface area contributed by atoms with Crippen molar-refractivity contribution >= 4 is 11.9 Å². The van der Waals surface area contributed by atoms with Crippen LogP contribution in [0.15, 0.2) is 0 Å². The summed E-state index contributed by atoms with van der Waals surface area (Å²) in [7, 11) is 0. The van der Waals surface area contributed by atoms with Gasteiger partial charge >= 0.3 is 11.9 Å². The van der Waals surface area contributed by atoms with Crippen molar-refractivity contribution in [3.8, 4) is 0 Å². The summed E-state index contributed by atoms with van der Waals surface area (Å²) in [6.07, 6.45) is 0. The topological polar surface area (TPSA) is 90.7 Å². The van der Waals surface area contributed by atoms with Gasteiger partial charge in [-0.2, -0.15) is 0 Å². The van der Waals surface area contributed by atoms with E-state index in [0.29, 0.717) is 0 Å². The molecule has 0 amide bonds. The summed E-state index contributed by atoms with van der Waals surface area (Å²) in [6, 6.07) is 0. The Labute approximate surface area is 57.2 Å². The second-order valence-electron chi connectivity index (χ2n) is 1.23. The first-order chi connectivity index (χ1) is 4.72. The molecular formula is C4H8N2O4. The summed E-state index contributed by atoms with van der Waals surface area (Å²) < 4.78 is 4.25. The molecule has 0 bridgehead atoms. The summed E-state index contributed by atoms with van der Waals surface area (Å²) in [5.41, 5.74) is 1.56. The van der Waals surface area contributed by atoms with Gasteiger partial charge in [0.1, 0.15) is 0 Å². The standard InChI is InChI=1S/C4H8N2O4/c1-2-9-3(7)4(8)10-6-5/h6H,2,5H2,1H3. The van der Waals surface area contributed by atoms with Gasteiger partial charge in [0.05, 0.1) is 6.61 Å². The average Bonchev–Trinajstić information content (AvgIpc) is 1.89. The van der Waals surface area contributed by atoms with E-state index in [2.05, 4.69) is 15.4 Å². The summed E-state index contributed by atoms with van der Waals surface area (Å²) in [4.78, 5) is 24.5. The summed E-state index contributed by atoms with van der Waals surface area (Å²) in [6.45, 7) is 1.69. The van der Waals surface area contributed by atoms with Crippen molar-refractivity contribution in [3.05, 3.63) is 0 Å². The Bertz CT molecular complexity index is 119. The predicted octanol–water partition coefficient (Wildman–Crippen LogP) is -1.53. The molecule has 0 aliphatic carbocycles. The molecule has 0 spiro atoms. The van der Waals surface area contributed by atoms with Crippen molar-refractivity contribution in [3.63, 3.8) is 0 Å². The first-order valence-electron chi connectivity index (χ1n) is 2.56. The van der Waals surface area contributed by atoms with E-state index in [1.807, 2.05) is 0 Å². The molecule has 0 rings (SSSR count). The highest BCUT2D eigenvalue weighted by molar-refractivity contribution is 6.29. The Morgan fingerprint density at radius 2 is 2.10 bits per heavy atom. The van der Waals surface area contributed by atoms with Gasteiger partial charge in [0.25, 0.3) is 0 Å². The first-order valence-corrected chi connectivity index (χ1v) is 2.56. The van der Waals surface area contributed by atoms with Crippen molar-refractivity contribution < 1.29 is 19.2 Å². The van der Waals surface area contributed by atoms with E-state index in [1.54, 1.807) is 12.5 Å². The van der Waals surface area contributed by atoms with Crippen LogP contribution in [-0.2, 0) is 19.2 Å². The molecule has 6 nitrogen and oxygen atoms in total. The zero-order valence-corrected chi connectivity index (χ0v) is 5.42. The number of hydrazine groups is 1. The van der Waals surface area contributed by atoms with Crippen LogP contribution in [0.1, 0.15) is 6.92 Å². The molecule has 10 heavy (non-hydrogen) atoms. The highest BCUT2D eigenvalue weighted by Gasteiger charge is 2.15. The Balaban J connectivity index is 3.60. The number of carbonyl (C=O) groups excluding carboxylic acids is 2. The summed E-state index contributed by atoms with van der Waals surface area (Å²) in [5, 5.41) is 0. The van der Waals surface area contributed by atoms with E-state index in [-0.39, 0.29) is 6.61 Å². The predicted molar refractivity (Wildman–Crippen MR) is 30.0 cm³/mol. The molecule has 0 aliphatic rings. The molecule has 0 aromatic heterocycles. The number of hydrogen-bond acceptors (Lipinski definition) is 6. The van der Waals surface area contributed by atoms with Crippen LogP contribution in [0.5, 0.6) is 0 Å². The monoisotopic (exact) mass is 148 g/mol. The quantitative estimate of drug-likeness (QED) is 0.214. The smallest absolute Gasteiger partial charge is 0.437 e. The van der Waals surface area contributed by atoms with Gasteiger partial charge in [-0.05, 0) is 6.92 Å². The fourth-order valence-electron chi connectivity index (χ4n) is 0.285. The van der Waals surface area contributed by atoms with Crippen LogP contribution in [0.4, 0.5) is 0 Å². The van der Waals surface area contributed by atoms with Crippen molar-refractivity contribution in [2.75, 3.05) is 6.61 Å². The van der Waals surface area contributed by atoms with Crippen molar-refractivity contribution in [2.45, 2.75) is 6.92 Å². The lowest BCUT2D eigenvalue weighted by molar-refractivity contribution is -0.172. The Hall–Kier alpha value is -1.14. The van der Waals surface area contributed by atoms with Crippen LogP contribution in [0.25, 0.3) is 0 Å². The van der Waals surface area contributed by atoms with Crippen molar-refractivity contribution in [1.82, 2.24) is 5.59 Å². The van der Waals surface area contributed by atoms with Gasteiger partial charge in [-0.1, -0.05) is 5.59 Å². The molecule has 0 radical (unpaired) electrons. The molecule has 58 valence electrons. The zero-order chi connectivity index (χ0) is 7.98. The van der Waals surface area contributed by atoms with Crippen LogP contribution in [0, 0.1) is 0 Å². The van der Waals surface area contributed by atoms with E-state index in [1.165, 1.54) is 0 Å². The Kier molecular flexibility index (Phi) is 4.17. The minimum Gasteiger partial charge on any atom is -0.458 e. The van der Waals surface area contributed by atoms with Gasteiger partial charge < -0.3 is 9.57 Å². The highest BCUT2D eigenvalue weighted by Crippen LogP contribution is 1.79. The Morgan fingerprint density at radius 3 is 2.50 bits per heavy atom. The second kappa shape index (κ2) is 4.71. The third-order valence-electron chi connectivity index (χ3n) is 0.594. The van der Waals surface area contributed by atoms with Crippen molar-refractivity contribution in [1.29, 1.82) is 0 Å². The lowest BCUT2D eigenvalue weighted by Gasteiger charge is -1.98. The normalized spacial score (nSPS) is 8.60. The van der Waals surface area contributed by atoms with Crippen molar-refractivity contribution in [2.24, 2.45) is 5.84 Å². The number of esters is 1. The maximum atomic E-state index is 10.3. The number of nitrogens with two attached hydrogens (primary N) is 1. The highest BCUT2D eigenvalue weighted by atomic mass is 16.7. The first kappa shape index (κ1) is 8.86. The van der Waals surface area contributed by atoms with E-state index in [0.717, 1.165) is 0 Å². The third kappa shape index (κ3) is 3.00. The minimum atomic E-state index is -1.16. The van der Waals surface area contributed by atoms with Crippen LogP contribution < -0.4 is 11.4 Å². The molecule has 0 heterocycles. The molecule has 0 aromatic rings. The molecule has 0 aromatic carbocycles. The lowest BCUT2D eigenvalue weighted by atomic mass is 10.7. The SMILES string of the molecule is CCOC(=O)C(=O)ONN. The minimum absolute atomic E-state index is 0.124. The van der Waals surface area contributed by atoms with E-state index in [4.69, 9.17) is 0 Å². The second-order valence-corrected chi connectivity index (χ2v) is 1.23. The van der Waals surface area contributed by atoms with Crippen LogP contribution in [0.2, 0.25) is 0 Å². The van der Waals surface area contributed by atoms with E-state index in [9.17, 15) is 9.59 Å². The average molecular weight is 148 g/mol. The van der Waals surface area contributed by atoms with Gasteiger partial charge in [-0.3, -0.25) is 0 Å². The molecule has 0 fully saturated rings. The van der Waals surface area contributed by atoms with E-state index >= 15 is 0 Å². The lowest BCUT2D eigenvalue weighted by Crippen LogP contribution is -2.31. The molecule has 0 saturated heterocycles. The fraction of sp³-hybridized carbons (Fsp3) is 0.500. The summed E-state index contributed by atoms with van der Waals surface area (Å²) >= 11 is 0. The maximum Gasteiger partial charge on any atom is 0.437 e. The van der Waals surface area contributed by atoms with Gasteiger partial charge in [-0.15, -0.1) is 0 Å². The van der Waals surface area contributed by atoms with Gasteiger partial charge in [0.2, 0.25) is 0 Å².